The van der Waals surface area contributed by atoms with Crippen LogP contribution < -0.4 is 10.5 Å². The van der Waals surface area contributed by atoms with Crippen LogP contribution in [0.4, 0.5) is 5.69 Å². The van der Waals surface area contributed by atoms with Gasteiger partial charge in [-0.05, 0) is 13.0 Å². The van der Waals surface area contributed by atoms with E-state index in [1.165, 1.54) is 6.92 Å². The summed E-state index contributed by atoms with van der Waals surface area (Å²) < 4.78 is 14.3. The van der Waals surface area contributed by atoms with E-state index in [-0.39, 0.29) is 24.5 Å². The molecule has 0 heterocycles. The lowest BCUT2D eigenvalue weighted by Gasteiger charge is -2.12. The zero-order valence-corrected chi connectivity index (χ0v) is 17.4. The maximum absolute atomic E-state index is 12.7. The van der Waals surface area contributed by atoms with Crippen molar-refractivity contribution in [1.29, 1.82) is 0 Å². The Morgan fingerprint density at radius 1 is 1.19 bits per heavy atom. The van der Waals surface area contributed by atoms with Crippen LogP contribution in [0.15, 0.2) is 29.3 Å². The standard InChI is InChI=1S/C18H20N2O10S/c1-3-29-17(24)14(13(15(21)22)9-31-5-4-19)18(25)30-12-7-10(16(23)28-2)6-11(8-12)20(26)27/h6-8H,3-5,9,19H2,1-2H3,(H,21,22). The number of carbonyl (C=O) groups excluding carboxylic acids is 3. The Labute approximate surface area is 180 Å². The van der Waals surface area contributed by atoms with Gasteiger partial charge in [0.25, 0.3) is 5.69 Å². The highest BCUT2D eigenvalue weighted by Gasteiger charge is 2.30. The van der Waals surface area contributed by atoms with E-state index in [0.29, 0.717) is 5.75 Å². The van der Waals surface area contributed by atoms with E-state index >= 15 is 0 Å². The van der Waals surface area contributed by atoms with E-state index in [4.69, 9.17) is 15.2 Å². The third kappa shape index (κ3) is 7.38. The molecule has 0 saturated heterocycles. The molecule has 0 radical (unpaired) electrons. The summed E-state index contributed by atoms with van der Waals surface area (Å²) in [4.78, 5) is 58.6. The summed E-state index contributed by atoms with van der Waals surface area (Å²) in [7, 11) is 1.05. The predicted molar refractivity (Wildman–Crippen MR) is 108 cm³/mol. The van der Waals surface area contributed by atoms with Crippen LogP contribution in [0.25, 0.3) is 0 Å². The number of nitro groups is 1. The van der Waals surface area contributed by atoms with Crippen molar-refractivity contribution in [3.8, 4) is 5.75 Å². The quantitative estimate of drug-likeness (QED) is 0.0702. The lowest BCUT2D eigenvalue weighted by molar-refractivity contribution is -0.384. The SMILES string of the molecule is CCOC(=O)C(C(=O)Oc1cc(C(=O)OC)cc([N+](=O)[O-])c1)=C(CSCCN)C(=O)O. The summed E-state index contributed by atoms with van der Waals surface area (Å²) >= 11 is 1.06. The monoisotopic (exact) mass is 456 g/mol. The first-order valence-electron chi connectivity index (χ1n) is 8.67. The van der Waals surface area contributed by atoms with Crippen LogP contribution in [0, 0.1) is 10.1 Å². The Morgan fingerprint density at radius 3 is 2.39 bits per heavy atom. The summed E-state index contributed by atoms with van der Waals surface area (Å²) in [6, 6.07) is 2.71. The predicted octanol–water partition coefficient (Wildman–Crippen LogP) is 0.923. The van der Waals surface area contributed by atoms with Crippen LogP contribution in [-0.4, -0.2) is 65.7 Å². The average Bonchev–Trinajstić information content (AvgIpc) is 2.72. The number of esters is 3. The Balaban J connectivity index is 3.44. The first-order valence-corrected chi connectivity index (χ1v) is 9.83. The molecule has 0 aliphatic rings. The molecule has 0 unspecified atom stereocenters. The Kier molecular flexibility index (Phi) is 10.1. The van der Waals surface area contributed by atoms with Crippen LogP contribution in [0.3, 0.4) is 0 Å². The number of nitro benzene ring substituents is 1. The number of carbonyl (C=O) groups is 4. The molecule has 3 N–H and O–H groups in total. The number of carboxylic acid groups (broad SMARTS) is 1. The number of benzene rings is 1. The number of hydrogen-bond acceptors (Lipinski definition) is 11. The van der Waals surface area contributed by atoms with E-state index in [0.717, 1.165) is 37.1 Å². The first-order chi connectivity index (χ1) is 14.7. The molecule has 0 amide bonds. The van der Waals surface area contributed by atoms with E-state index < -0.39 is 51.4 Å². The topological polar surface area (TPSA) is 185 Å². The van der Waals surface area contributed by atoms with Crippen molar-refractivity contribution in [2.75, 3.05) is 31.8 Å². The highest BCUT2D eigenvalue weighted by Crippen LogP contribution is 2.25. The van der Waals surface area contributed by atoms with Gasteiger partial charge in [-0.3, -0.25) is 10.1 Å². The largest absolute Gasteiger partial charge is 0.478 e. The lowest BCUT2D eigenvalue weighted by atomic mass is 10.1. The van der Waals surface area contributed by atoms with Crippen molar-refractivity contribution in [2.45, 2.75) is 6.92 Å². The van der Waals surface area contributed by atoms with Gasteiger partial charge in [0, 0.05) is 24.1 Å². The summed E-state index contributed by atoms with van der Waals surface area (Å²) in [5.41, 5.74) is 3.01. The molecule has 0 atom stereocenters. The highest BCUT2D eigenvalue weighted by molar-refractivity contribution is 7.99. The number of hydrogen-bond donors (Lipinski definition) is 2. The van der Waals surface area contributed by atoms with Crippen LogP contribution >= 0.6 is 11.8 Å². The Hall–Kier alpha value is -3.45. The molecule has 0 saturated carbocycles. The van der Waals surface area contributed by atoms with E-state index in [2.05, 4.69) is 4.74 Å². The van der Waals surface area contributed by atoms with Crippen molar-refractivity contribution < 1.29 is 43.4 Å². The molecular weight excluding hydrogens is 436 g/mol. The summed E-state index contributed by atoms with van der Waals surface area (Å²) in [5, 5.41) is 20.6. The van der Waals surface area contributed by atoms with Crippen LogP contribution in [0.5, 0.6) is 5.75 Å². The molecule has 0 aliphatic heterocycles. The smallest absolute Gasteiger partial charge is 0.351 e. The first kappa shape index (κ1) is 25.6. The summed E-state index contributed by atoms with van der Waals surface area (Å²) in [6.45, 7) is 1.54. The molecular formula is C18H20N2O10S. The molecule has 0 aromatic heterocycles. The summed E-state index contributed by atoms with van der Waals surface area (Å²) in [6.07, 6.45) is 0. The van der Waals surface area contributed by atoms with E-state index in [1.54, 1.807) is 0 Å². The number of methoxy groups -OCH3 is 1. The van der Waals surface area contributed by atoms with Gasteiger partial charge in [-0.15, -0.1) is 0 Å². The minimum Gasteiger partial charge on any atom is -0.478 e. The number of rotatable bonds is 11. The number of ether oxygens (including phenoxy) is 3. The molecule has 0 spiro atoms. The molecule has 0 fully saturated rings. The second-order valence-electron chi connectivity index (χ2n) is 5.57. The molecule has 13 heteroatoms. The van der Waals surface area contributed by atoms with Crippen LogP contribution in [-0.2, 0) is 23.9 Å². The fourth-order valence-electron chi connectivity index (χ4n) is 2.17. The fourth-order valence-corrected chi connectivity index (χ4v) is 2.96. The fraction of sp³-hybridized carbons (Fsp3) is 0.333. The number of nitrogens with zero attached hydrogens (tertiary/aromatic N) is 1. The van der Waals surface area contributed by atoms with Gasteiger partial charge in [-0.1, -0.05) is 0 Å². The maximum atomic E-state index is 12.7. The molecule has 12 nitrogen and oxygen atoms in total. The second kappa shape index (κ2) is 12.3. The lowest BCUT2D eigenvalue weighted by Crippen LogP contribution is -2.26. The minimum absolute atomic E-state index is 0.151. The van der Waals surface area contributed by atoms with Crippen molar-refractivity contribution in [3.05, 3.63) is 45.0 Å². The molecule has 31 heavy (non-hydrogen) atoms. The highest BCUT2D eigenvalue weighted by atomic mass is 32.2. The molecule has 1 aromatic rings. The number of non-ortho nitro benzene ring substituents is 1. The Morgan fingerprint density at radius 2 is 1.87 bits per heavy atom. The van der Waals surface area contributed by atoms with Gasteiger partial charge < -0.3 is 25.1 Å². The zero-order valence-electron chi connectivity index (χ0n) is 16.6. The van der Waals surface area contributed by atoms with Crippen molar-refractivity contribution in [3.63, 3.8) is 0 Å². The van der Waals surface area contributed by atoms with E-state index in [9.17, 15) is 34.4 Å². The van der Waals surface area contributed by atoms with Crippen LogP contribution in [0.2, 0.25) is 0 Å². The van der Waals surface area contributed by atoms with E-state index in [1.807, 2.05) is 0 Å². The zero-order chi connectivity index (χ0) is 23.6. The van der Waals surface area contributed by atoms with Gasteiger partial charge in [0.2, 0.25) is 0 Å². The van der Waals surface area contributed by atoms with Gasteiger partial charge in [0.05, 0.1) is 35.8 Å². The molecule has 0 bridgehead atoms. The minimum atomic E-state index is -1.56. The normalized spacial score (nSPS) is 11.2. The van der Waals surface area contributed by atoms with Gasteiger partial charge in [0.15, 0.2) is 5.57 Å². The molecule has 168 valence electrons. The van der Waals surface area contributed by atoms with Gasteiger partial charge in [-0.25, -0.2) is 19.2 Å². The van der Waals surface area contributed by atoms with Crippen molar-refractivity contribution in [2.24, 2.45) is 5.73 Å². The molecule has 1 aromatic carbocycles. The number of nitrogens with two attached hydrogens (primary N) is 1. The van der Waals surface area contributed by atoms with Gasteiger partial charge >= 0.3 is 23.9 Å². The molecule has 0 aliphatic carbocycles. The van der Waals surface area contributed by atoms with Crippen molar-refractivity contribution >= 4 is 41.3 Å². The third-order valence-electron chi connectivity index (χ3n) is 3.49. The van der Waals surface area contributed by atoms with Gasteiger partial charge in [-0.2, -0.15) is 11.8 Å². The molecule has 1 rings (SSSR count). The Bertz CT molecular complexity index is 913. The third-order valence-corrected chi connectivity index (χ3v) is 4.50. The summed E-state index contributed by atoms with van der Waals surface area (Å²) in [5.74, 6) is -5.52. The maximum Gasteiger partial charge on any atom is 0.351 e. The van der Waals surface area contributed by atoms with Gasteiger partial charge in [0.1, 0.15) is 5.75 Å². The number of carboxylic acids is 1. The van der Waals surface area contributed by atoms with Crippen molar-refractivity contribution in [1.82, 2.24) is 0 Å². The number of thioether (sulfide) groups is 1. The number of aliphatic carboxylic acids is 1. The second-order valence-corrected chi connectivity index (χ2v) is 6.68. The average molecular weight is 456 g/mol. The van der Waals surface area contributed by atoms with Crippen LogP contribution in [0.1, 0.15) is 17.3 Å².